The molecule has 0 amide bonds. The highest BCUT2D eigenvalue weighted by Crippen LogP contribution is 2.21. The molecule has 2 rings (SSSR count). The molecule has 0 radical (unpaired) electrons. The summed E-state index contributed by atoms with van der Waals surface area (Å²) in [4.78, 5) is 12.0. The molecule has 0 saturated carbocycles. The van der Waals surface area contributed by atoms with Crippen molar-refractivity contribution < 1.29 is 8.42 Å². The Hall–Kier alpha value is -1.08. The van der Waals surface area contributed by atoms with Crippen LogP contribution < -0.4 is 10.9 Å². The monoisotopic (exact) mass is 319 g/mol. The fourth-order valence-electron chi connectivity index (χ4n) is 2.22. The van der Waals surface area contributed by atoms with Crippen LogP contribution in [0.25, 0.3) is 0 Å². The van der Waals surface area contributed by atoms with Crippen LogP contribution in [0, 0.1) is 5.92 Å². The second-order valence-electron chi connectivity index (χ2n) is 5.37. The van der Waals surface area contributed by atoms with Crippen LogP contribution in [-0.4, -0.2) is 36.2 Å². The van der Waals surface area contributed by atoms with E-state index in [-0.39, 0.29) is 34.0 Å². The van der Waals surface area contributed by atoms with Gasteiger partial charge >= 0.3 is 0 Å². The first-order chi connectivity index (χ1) is 9.30. The van der Waals surface area contributed by atoms with Gasteiger partial charge in [0.1, 0.15) is 5.02 Å². The minimum Gasteiger partial charge on any atom is -0.382 e. The Morgan fingerprint density at radius 1 is 1.55 bits per heavy atom. The number of rotatable bonds is 4. The number of hydrogen-bond acceptors (Lipinski definition) is 5. The zero-order valence-corrected chi connectivity index (χ0v) is 13.0. The molecule has 1 unspecified atom stereocenters. The van der Waals surface area contributed by atoms with Crippen molar-refractivity contribution in [1.82, 2.24) is 9.78 Å². The minimum absolute atomic E-state index is 0.0589. The second-order valence-corrected chi connectivity index (χ2v) is 7.97. The number of nitrogens with zero attached hydrogens (tertiary/aromatic N) is 2. The summed E-state index contributed by atoms with van der Waals surface area (Å²) in [6, 6.07) is -0.0611. The fourth-order valence-corrected chi connectivity index (χ4v) is 4.29. The summed E-state index contributed by atoms with van der Waals surface area (Å²) >= 11 is 6.03. The van der Waals surface area contributed by atoms with E-state index in [0.29, 0.717) is 18.7 Å². The van der Waals surface area contributed by atoms with E-state index in [1.807, 2.05) is 13.8 Å². The molecule has 1 saturated heterocycles. The van der Waals surface area contributed by atoms with Gasteiger partial charge < -0.3 is 5.32 Å². The van der Waals surface area contributed by atoms with Gasteiger partial charge in [-0.25, -0.2) is 13.1 Å². The third-order valence-electron chi connectivity index (χ3n) is 3.34. The fraction of sp³-hybridized carbons (Fsp3) is 0.667. The van der Waals surface area contributed by atoms with Crippen molar-refractivity contribution in [2.45, 2.75) is 26.3 Å². The van der Waals surface area contributed by atoms with Crippen LogP contribution in [0.1, 0.15) is 26.3 Å². The molecule has 0 spiro atoms. The highest BCUT2D eigenvalue weighted by Gasteiger charge is 2.27. The quantitative estimate of drug-likeness (QED) is 0.905. The summed E-state index contributed by atoms with van der Waals surface area (Å²) < 4.78 is 24.1. The third kappa shape index (κ3) is 3.32. The van der Waals surface area contributed by atoms with Crippen molar-refractivity contribution in [3.05, 3.63) is 21.6 Å². The van der Waals surface area contributed by atoms with Crippen LogP contribution in [0.2, 0.25) is 5.02 Å². The van der Waals surface area contributed by atoms with E-state index in [2.05, 4.69) is 10.4 Å². The van der Waals surface area contributed by atoms with Gasteiger partial charge in [-0.15, -0.1) is 0 Å². The molecule has 1 N–H and O–H groups in total. The maximum absolute atomic E-state index is 12.0. The topological polar surface area (TPSA) is 81.1 Å². The molecule has 6 nitrogen and oxygen atoms in total. The van der Waals surface area contributed by atoms with Crippen molar-refractivity contribution in [1.29, 1.82) is 0 Å². The van der Waals surface area contributed by atoms with E-state index >= 15 is 0 Å². The van der Waals surface area contributed by atoms with Gasteiger partial charge in [0.15, 0.2) is 9.84 Å². The molecule has 2 heterocycles. The average molecular weight is 320 g/mol. The average Bonchev–Trinajstić information content (AvgIpc) is 2.70. The Morgan fingerprint density at radius 3 is 2.80 bits per heavy atom. The Kier molecular flexibility index (Phi) is 4.39. The zero-order valence-electron chi connectivity index (χ0n) is 11.5. The molecule has 0 bridgehead atoms. The number of halogens is 1. The molecule has 20 heavy (non-hydrogen) atoms. The van der Waals surface area contributed by atoms with E-state index in [9.17, 15) is 13.2 Å². The first-order valence-electron chi connectivity index (χ1n) is 6.52. The van der Waals surface area contributed by atoms with Crippen molar-refractivity contribution in [2.75, 3.05) is 23.4 Å². The number of hydrogen-bond donors (Lipinski definition) is 1. The Labute approximate surface area is 123 Å². The highest BCUT2D eigenvalue weighted by atomic mass is 35.5. The van der Waals surface area contributed by atoms with Gasteiger partial charge in [-0.05, 0) is 26.2 Å². The standard InChI is InChI=1S/C12H18ClN3O3S/c1-8(2)16-12(17)11(13)10(6-15-16)14-5-9-3-4-20(18,19)7-9/h6,8-9,14H,3-5,7H2,1-2H3. The molecule has 1 aromatic rings. The van der Waals surface area contributed by atoms with Crippen LogP contribution in [0.4, 0.5) is 5.69 Å². The molecular formula is C12H18ClN3O3S. The Bertz CT molecular complexity index is 654. The lowest BCUT2D eigenvalue weighted by Gasteiger charge is -2.14. The molecule has 112 valence electrons. The first kappa shape index (κ1) is 15.3. The number of aromatic nitrogens is 2. The summed E-state index contributed by atoms with van der Waals surface area (Å²) in [5.41, 5.74) is 0.114. The predicted molar refractivity (Wildman–Crippen MR) is 79.1 cm³/mol. The lowest BCUT2D eigenvalue weighted by molar-refractivity contribution is 0.503. The van der Waals surface area contributed by atoms with Crippen LogP contribution in [0.15, 0.2) is 11.0 Å². The maximum Gasteiger partial charge on any atom is 0.287 e. The molecule has 1 aliphatic heterocycles. The van der Waals surface area contributed by atoms with E-state index in [1.165, 1.54) is 10.9 Å². The third-order valence-corrected chi connectivity index (χ3v) is 5.54. The molecule has 8 heteroatoms. The largest absolute Gasteiger partial charge is 0.382 e. The van der Waals surface area contributed by atoms with Gasteiger partial charge in [0.2, 0.25) is 0 Å². The van der Waals surface area contributed by atoms with Gasteiger partial charge in [0.25, 0.3) is 5.56 Å². The minimum atomic E-state index is -2.89. The van der Waals surface area contributed by atoms with E-state index in [1.54, 1.807) is 0 Å². The van der Waals surface area contributed by atoms with Gasteiger partial charge in [0.05, 0.1) is 29.4 Å². The summed E-state index contributed by atoms with van der Waals surface area (Å²) in [5.74, 6) is 0.484. The van der Waals surface area contributed by atoms with Crippen molar-refractivity contribution in [2.24, 2.45) is 5.92 Å². The summed E-state index contributed by atoms with van der Waals surface area (Å²) in [6.45, 7) is 4.17. The normalized spacial score (nSPS) is 21.3. The SMILES string of the molecule is CC(C)n1ncc(NCC2CCS(=O)(=O)C2)c(Cl)c1=O. The van der Waals surface area contributed by atoms with Crippen LogP contribution in [-0.2, 0) is 9.84 Å². The molecule has 1 atom stereocenters. The number of anilines is 1. The van der Waals surface area contributed by atoms with Crippen molar-refractivity contribution in [3.8, 4) is 0 Å². The van der Waals surface area contributed by atoms with E-state index < -0.39 is 9.84 Å². The highest BCUT2D eigenvalue weighted by molar-refractivity contribution is 7.91. The van der Waals surface area contributed by atoms with Gasteiger partial charge in [-0.3, -0.25) is 4.79 Å². The smallest absolute Gasteiger partial charge is 0.287 e. The van der Waals surface area contributed by atoms with Crippen LogP contribution in [0.3, 0.4) is 0 Å². The molecule has 1 fully saturated rings. The second kappa shape index (κ2) is 5.73. The summed E-state index contributed by atoms with van der Waals surface area (Å²) in [5, 5.41) is 7.17. The number of nitrogens with one attached hydrogen (secondary N) is 1. The van der Waals surface area contributed by atoms with Gasteiger partial charge in [-0.2, -0.15) is 5.10 Å². The van der Waals surface area contributed by atoms with E-state index in [4.69, 9.17) is 11.6 Å². The molecule has 0 aromatic carbocycles. The molecule has 1 aliphatic rings. The zero-order chi connectivity index (χ0) is 14.9. The predicted octanol–water partition coefficient (Wildman–Crippen LogP) is 1.32. The molecule has 0 aliphatic carbocycles. The Morgan fingerprint density at radius 2 is 2.25 bits per heavy atom. The van der Waals surface area contributed by atoms with E-state index in [0.717, 1.165) is 0 Å². The van der Waals surface area contributed by atoms with Gasteiger partial charge in [-0.1, -0.05) is 11.6 Å². The van der Waals surface area contributed by atoms with Crippen molar-refractivity contribution in [3.63, 3.8) is 0 Å². The maximum atomic E-state index is 12.0. The Balaban J connectivity index is 2.08. The van der Waals surface area contributed by atoms with Crippen LogP contribution >= 0.6 is 11.6 Å². The van der Waals surface area contributed by atoms with Gasteiger partial charge in [0, 0.05) is 6.54 Å². The summed E-state index contributed by atoms with van der Waals surface area (Å²) in [7, 11) is -2.89. The lowest BCUT2D eigenvalue weighted by atomic mass is 10.1. The molecule has 1 aromatic heterocycles. The van der Waals surface area contributed by atoms with Crippen molar-refractivity contribution >= 4 is 27.1 Å². The molecular weight excluding hydrogens is 302 g/mol. The lowest BCUT2D eigenvalue weighted by Crippen LogP contribution is -2.26. The summed E-state index contributed by atoms with van der Waals surface area (Å²) in [6.07, 6.45) is 2.15. The first-order valence-corrected chi connectivity index (χ1v) is 8.71. The van der Waals surface area contributed by atoms with Crippen LogP contribution in [0.5, 0.6) is 0 Å². The number of sulfone groups is 1.